The molecule has 0 spiro atoms. The van der Waals surface area contributed by atoms with Crippen LogP contribution >= 0.6 is 0 Å². The van der Waals surface area contributed by atoms with Crippen molar-refractivity contribution < 1.29 is 14.3 Å². The largest absolute Gasteiger partial charge is 0.497 e. The van der Waals surface area contributed by atoms with Gasteiger partial charge in [0.1, 0.15) is 17.7 Å². The molecule has 26 heavy (non-hydrogen) atoms. The van der Waals surface area contributed by atoms with E-state index in [0.717, 1.165) is 18.5 Å². The number of aromatic nitrogens is 2. The van der Waals surface area contributed by atoms with Crippen LogP contribution in [-0.2, 0) is 0 Å². The summed E-state index contributed by atoms with van der Waals surface area (Å²) in [5, 5.41) is 2.91. The van der Waals surface area contributed by atoms with Gasteiger partial charge < -0.3 is 19.7 Å². The van der Waals surface area contributed by atoms with Gasteiger partial charge in [0.25, 0.3) is 0 Å². The minimum Gasteiger partial charge on any atom is -0.497 e. The third-order valence-electron chi connectivity index (χ3n) is 4.22. The maximum absolute atomic E-state index is 12.6. The van der Waals surface area contributed by atoms with Crippen molar-refractivity contribution in [1.29, 1.82) is 0 Å². The van der Waals surface area contributed by atoms with Crippen LogP contribution < -0.4 is 14.8 Å². The Labute approximate surface area is 153 Å². The van der Waals surface area contributed by atoms with Gasteiger partial charge in [-0.1, -0.05) is 6.07 Å². The van der Waals surface area contributed by atoms with E-state index in [1.54, 1.807) is 18.1 Å². The Morgan fingerprint density at radius 3 is 2.88 bits per heavy atom. The zero-order valence-corrected chi connectivity index (χ0v) is 15.4. The number of benzene rings is 1. The van der Waals surface area contributed by atoms with Gasteiger partial charge in [0.15, 0.2) is 0 Å². The number of nitrogens with one attached hydrogen (secondary N) is 1. The van der Waals surface area contributed by atoms with Gasteiger partial charge in [-0.25, -0.2) is 9.78 Å². The van der Waals surface area contributed by atoms with Crippen molar-refractivity contribution in [3.8, 4) is 11.6 Å². The lowest BCUT2D eigenvalue weighted by atomic mass is 10.1. The number of likely N-dealkylation sites (tertiary alicyclic amines) is 1. The van der Waals surface area contributed by atoms with Crippen LogP contribution in [0.4, 0.5) is 10.5 Å². The maximum Gasteiger partial charge on any atom is 0.321 e. The standard InChI is InChI=1S/C19H24N4O3/c1-13-10-18(21-14(2)20-13)26-17-8-5-9-23(12-17)19(24)22-15-6-4-7-16(11-15)25-3/h4,6-7,10-11,17H,5,8-9,12H2,1-3H3,(H,22,24). The second-order valence-corrected chi connectivity index (χ2v) is 6.38. The third-order valence-corrected chi connectivity index (χ3v) is 4.22. The van der Waals surface area contributed by atoms with Crippen molar-refractivity contribution in [1.82, 2.24) is 14.9 Å². The van der Waals surface area contributed by atoms with Gasteiger partial charge in [-0.05, 0) is 38.8 Å². The Bertz CT molecular complexity index is 761. The normalized spacial score (nSPS) is 16.9. The molecular formula is C19H24N4O3. The summed E-state index contributed by atoms with van der Waals surface area (Å²) in [5.74, 6) is 1.95. The van der Waals surface area contributed by atoms with Gasteiger partial charge >= 0.3 is 6.03 Å². The van der Waals surface area contributed by atoms with Gasteiger partial charge in [0.05, 0.1) is 13.7 Å². The molecule has 3 rings (SSSR count). The van der Waals surface area contributed by atoms with E-state index in [4.69, 9.17) is 9.47 Å². The van der Waals surface area contributed by atoms with Crippen LogP contribution in [0.2, 0.25) is 0 Å². The molecule has 1 aliphatic heterocycles. The number of carbonyl (C=O) groups is 1. The Balaban J connectivity index is 1.61. The average Bonchev–Trinajstić information content (AvgIpc) is 2.61. The summed E-state index contributed by atoms with van der Waals surface area (Å²) < 4.78 is 11.2. The lowest BCUT2D eigenvalue weighted by Crippen LogP contribution is -2.46. The first kappa shape index (κ1) is 18.0. The highest BCUT2D eigenvalue weighted by Crippen LogP contribution is 2.20. The summed E-state index contributed by atoms with van der Waals surface area (Å²) >= 11 is 0. The predicted octanol–water partition coefficient (Wildman–Crippen LogP) is 3.18. The molecule has 1 saturated heterocycles. The number of rotatable bonds is 4. The molecule has 7 heteroatoms. The average molecular weight is 356 g/mol. The van der Waals surface area contributed by atoms with Gasteiger partial charge in [-0.2, -0.15) is 4.98 Å². The molecule has 2 aromatic rings. The summed E-state index contributed by atoms with van der Waals surface area (Å²) in [6.07, 6.45) is 1.71. The number of ether oxygens (including phenoxy) is 2. The highest BCUT2D eigenvalue weighted by Gasteiger charge is 2.25. The number of nitrogens with zero attached hydrogens (tertiary/aromatic N) is 3. The SMILES string of the molecule is COc1cccc(NC(=O)N2CCCC(Oc3cc(C)nc(C)n3)C2)c1. The van der Waals surface area contributed by atoms with Crippen LogP contribution in [0.1, 0.15) is 24.4 Å². The van der Waals surface area contributed by atoms with Crippen molar-refractivity contribution in [2.45, 2.75) is 32.8 Å². The number of carbonyl (C=O) groups excluding carboxylic acids is 1. The number of amides is 2. The van der Waals surface area contributed by atoms with Crippen molar-refractivity contribution >= 4 is 11.7 Å². The maximum atomic E-state index is 12.6. The Morgan fingerprint density at radius 2 is 2.12 bits per heavy atom. The molecule has 1 aliphatic rings. The van der Waals surface area contributed by atoms with Crippen LogP contribution in [0.5, 0.6) is 11.6 Å². The molecule has 1 unspecified atom stereocenters. The Hall–Kier alpha value is -2.83. The first-order valence-electron chi connectivity index (χ1n) is 8.72. The molecule has 2 amide bonds. The Morgan fingerprint density at radius 1 is 1.27 bits per heavy atom. The zero-order valence-electron chi connectivity index (χ0n) is 15.4. The van der Waals surface area contributed by atoms with Gasteiger partial charge in [-0.3, -0.25) is 0 Å². The highest BCUT2D eigenvalue weighted by molar-refractivity contribution is 5.89. The first-order valence-corrected chi connectivity index (χ1v) is 8.72. The van der Waals surface area contributed by atoms with Gasteiger partial charge in [0, 0.05) is 30.1 Å². The highest BCUT2D eigenvalue weighted by atomic mass is 16.5. The van der Waals surface area contributed by atoms with Crippen molar-refractivity contribution in [2.24, 2.45) is 0 Å². The van der Waals surface area contributed by atoms with E-state index < -0.39 is 0 Å². The minimum absolute atomic E-state index is 0.0755. The number of anilines is 1. The van der Waals surface area contributed by atoms with Gasteiger partial charge in [-0.15, -0.1) is 0 Å². The van der Waals surface area contributed by atoms with E-state index >= 15 is 0 Å². The summed E-state index contributed by atoms with van der Waals surface area (Å²) in [7, 11) is 1.60. The van der Waals surface area contributed by atoms with E-state index in [1.807, 2.05) is 38.1 Å². The summed E-state index contributed by atoms with van der Waals surface area (Å²) in [6.45, 7) is 4.99. The van der Waals surface area contributed by atoms with Crippen molar-refractivity contribution in [3.05, 3.63) is 41.9 Å². The number of methoxy groups -OCH3 is 1. The molecular weight excluding hydrogens is 332 g/mol. The molecule has 1 atom stereocenters. The number of piperidine rings is 1. The van der Waals surface area contributed by atoms with Crippen LogP contribution in [0.15, 0.2) is 30.3 Å². The number of urea groups is 1. The number of hydrogen-bond acceptors (Lipinski definition) is 5. The second-order valence-electron chi connectivity index (χ2n) is 6.38. The topological polar surface area (TPSA) is 76.6 Å². The molecule has 2 heterocycles. The quantitative estimate of drug-likeness (QED) is 0.910. The van der Waals surface area contributed by atoms with E-state index in [1.165, 1.54) is 0 Å². The summed E-state index contributed by atoms with van der Waals surface area (Å²) in [4.78, 5) is 22.9. The van der Waals surface area contributed by atoms with Crippen LogP contribution in [-0.4, -0.2) is 47.2 Å². The minimum atomic E-state index is -0.137. The van der Waals surface area contributed by atoms with E-state index in [9.17, 15) is 4.79 Å². The molecule has 1 N–H and O–H groups in total. The number of aryl methyl sites for hydroxylation is 2. The van der Waals surface area contributed by atoms with Crippen LogP contribution in [0.25, 0.3) is 0 Å². The molecule has 0 saturated carbocycles. The molecule has 0 bridgehead atoms. The van der Waals surface area contributed by atoms with E-state index in [2.05, 4.69) is 15.3 Å². The molecule has 0 aliphatic carbocycles. The van der Waals surface area contributed by atoms with E-state index in [-0.39, 0.29) is 12.1 Å². The second kappa shape index (κ2) is 8.03. The fraction of sp³-hybridized carbons (Fsp3) is 0.421. The number of hydrogen-bond donors (Lipinski definition) is 1. The zero-order chi connectivity index (χ0) is 18.5. The Kier molecular flexibility index (Phi) is 5.55. The predicted molar refractivity (Wildman–Crippen MR) is 98.7 cm³/mol. The summed E-state index contributed by atoms with van der Waals surface area (Å²) in [6, 6.07) is 9.00. The molecule has 138 valence electrons. The van der Waals surface area contributed by atoms with Crippen LogP contribution in [0, 0.1) is 13.8 Å². The molecule has 1 aromatic carbocycles. The smallest absolute Gasteiger partial charge is 0.321 e. The first-order chi connectivity index (χ1) is 12.5. The fourth-order valence-electron chi connectivity index (χ4n) is 3.04. The molecule has 0 radical (unpaired) electrons. The fourth-order valence-corrected chi connectivity index (χ4v) is 3.04. The van der Waals surface area contributed by atoms with Crippen molar-refractivity contribution in [2.75, 3.05) is 25.5 Å². The third kappa shape index (κ3) is 4.62. The lowest BCUT2D eigenvalue weighted by Gasteiger charge is -2.32. The molecule has 1 aromatic heterocycles. The van der Waals surface area contributed by atoms with Crippen LogP contribution in [0.3, 0.4) is 0 Å². The summed E-state index contributed by atoms with van der Waals surface area (Å²) in [5.41, 5.74) is 1.58. The lowest BCUT2D eigenvalue weighted by molar-refractivity contribution is 0.102. The molecule has 7 nitrogen and oxygen atoms in total. The monoisotopic (exact) mass is 356 g/mol. The van der Waals surface area contributed by atoms with Crippen molar-refractivity contribution in [3.63, 3.8) is 0 Å². The van der Waals surface area contributed by atoms with E-state index in [0.29, 0.717) is 36.2 Å². The van der Waals surface area contributed by atoms with Gasteiger partial charge in [0.2, 0.25) is 5.88 Å². The molecule has 1 fully saturated rings.